The number of aryl methyl sites for hydroxylation is 2. The van der Waals surface area contributed by atoms with Gasteiger partial charge in [-0.1, -0.05) is 6.42 Å². The fraction of sp³-hybridized carbons (Fsp3) is 0.647. The maximum absolute atomic E-state index is 12.1. The SMILES string of the molecule is Cc1cn(C)c(CC(=O)NCCN2CCCC[C@H]2C)c1C(=O)O. The van der Waals surface area contributed by atoms with Gasteiger partial charge in [0.2, 0.25) is 5.91 Å². The molecule has 2 N–H and O–H groups in total. The maximum atomic E-state index is 12.1. The Labute approximate surface area is 137 Å². The molecular formula is C17H27N3O3. The van der Waals surface area contributed by atoms with Crippen LogP contribution in [0.2, 0.25) is 0 Å². The molecule has 1 aromatic rings. The highest BCUT2D eigenvalue weighted by atomic mass is 16.4. The summed E-state index contributed by atoms with van der Waals surface area (Å²) in [4.78, 5) is 25.9. The van der Waals surface area contributed by atoms with Crippen molar-refractivity contribution in [3.05, 3.63) is 23.0 Å². The standard InChI is InChI=1S/C17H27N3O3/c1-12-11-19(3)14(16(12)17(22)23)10-15(21)18-7-9-20-8-5-4-6-13(20)2/h11,13H,4-10H2,1-3H3,(H,18,21)(H,22,23)/t13-/m1/s1. The first-order chi connectivity index (χ1) is 10.9. The molecule has 0 saturated carbocycles. The van der Waals surface area contributed by atoms with Crippen molar-refractivity contribution < 1.29 is 14.7 Å². The van der Waals surface area contributed by atoms with E-state index in [4.69, 9.17) is 0 Å². The van der Waals surface area contributed by atoms with Crippen molar-refractivity contribution in [3.8, 4) is 0 Å². The van der Waals surface area contributed by atoms with Gasteiger partial charge in [0.05, 0.1) is 12.0 Å². The van der Waals surface area contributed by atoms with Gasteiger partial charge in [-0.3, -0.25) is 9.69 Å². The number of nitrogens with one attached hydrogen (secondary N) is 1. The summed E-state index contributed by atoms with van der Waals surface area (Å²) in [6.45, 7) is 6.53. The van der Waals surface area contributed by atoms with Crippen LogP contribution in [-0.4, -0.2) is 52.1 Å². The summed E-state index contributed by atoms with van der Waals surface area (Å²) in [7, 11) is 1.78. The smallest absolute Gasteiger partial charge is 0.337 e. The molecule has 6 heteroatoms. The molecule has 1 aliphatic rings. The highest BCUT2D eigenvalue weighted by Crippen LogP contribution is 2.17. The predicted octanol–water partition coefficient (Wildman–Crippen LogP) is 1.56. The summed E-state index contributed by atoms with van der Waals surface area (Å²) in [6.07, 6.45) is 5.58. The monoisotopic (exact) mass is 321 g/mol. The van der Waals surface area contributed by atoms with Gasteiger partial charge in [0, 0.05) is 38.1 Å². The van der Waals surface area contributed by atoms with Crippen LogP contribution in [0.5, 0.6) is 0 Å². The number of carboxylic acids is 1. The van der Waals surface area contributed by atoms with E-state index in [1.165, 1.54) is 19.3 Å². The number of amides is 1. The zero-order valence-electron chi connectivity index (χ0n) is 14.3. The minimum Gasteiger partial charge on any atom is -0.478 e. The third kappa shape index (κ3) is 4.34. The Morgan fingerprint density at radius 3 is 2.78 bits per heavy atom. The molecule has 2 rings (SSSR count). The van der Waals surface area contributed by atoms with Gasteiger partial charge in [-0.2, -0.15) is 0 Å². The second kappa shape index (κ2) is 7.64. The first kappa shape index (κ1) is 17.5. The Bertz CT molecular complexity index is 580. The molecule has 1 atom stereocenters. The van der Waals surface area contributed by atoms with E-state index in [-0.39, 0.29) is 17.9 Å². The summed E-state index contributed by atoms with van der Waals surface area (Å²) < 4.78 is 1.73. The summed E-state index contributed by atoms with van der Waals surface area (Å²) >= 11 is 0. The van der Waals surface area contributed by atoms with E-state index in [0.717, 1.165) is 13.1 Å². The zero-order valence-corrected chi connectivity index (χ0v) is 14.3. The van der Waals surface area contributed by atoms with E-state index in [1.807, 2.05) is 0 Å². The number of hydrogen-bond donors (Lipinski definition) is 2. The average molecular weight is 321 g/mol. The lowest BCUT2D eigenvalue weighted by Crippen LogP contribution is -2.42. The number of piperidine rings is 1. The summed E-state index contributed by atoms with van der Waals surface area (Å²) in [5, 5.41) is 12.2. The zero-order chi connectivity index (χ0) is 17.0. The molecule has 1 fully saturated rings. The molecule has 23 heavy (non-hydrogen) atoms. The Hall–Kier alpha value is -1.82. The van der Waals surface area contributed by atoms with E-state index >= 15 is 0 Å². The van der Waals surface area contributed by atoms with E-state index in [2.05, 4.69) is 17.1 Å². The van der Waals surface area contributed by atoms with E-state index in [9.17, 15) is 14.7 Å². The van der Waals surface area contributed by atoms with Gasteiger partial charge >= 0.3 is 5.97 Å². The van der Waals surface area contributed by atoms with Crippen molar-refractivity contribution in [1.29, 1.82) is 0 Å². The van der Waals surface area contributed by atoms with Crippen molar-refractivity contribution in [3.63, 3.8) is 0 Å². The Morgan fingerprint density at radius 2 is 2.13 bits per heavy atom. The van der Waals surface area contributed by atoms with Gasteiger partial charge < -0.3 is 15.0 Å². The van der Waals surface area contributed by atoms with Gasteiger partial charge in [0.1, 0.15) is 0 Å². The van der Waals surface area contributed by atoms with Crippen LogP contribution in [-0.2, 0) is 18.3 Å². The number of likely N-dealkylation sites (tertiary alicyclic amines) is 1. The number of aromatic nitrogens is 1. The molecule has 1 aromatic heterocycles. The number of nitrogens with zero attached hydrogens (tertiary/aromatic N) is 2. The van der Waals surface area contributed by atoms with E-state index in [1.54, 1.807) is 24.7 Å². The second-order valence-corrected chi connectivity index (χ2v) is 6.46. The van der Waals surface area contributed by atoms with E-state index < -0.39 is 5.97 Å². The van der Waals surface area contributed by atoms with Gasteiger partial charge in [-0.25, -0.2) is 4.79 Å². The van der Waals surface area contributed by atoms with Crippen LogP contribution in [0, 0.1) is 6.92 Å². The van der Waals surface area contributed by atoms with Crippen LogP contribution in [0.15, 0.2) is 6.20 Å². The maximum Gasteiger partial charge on any atom is 0.337 e. The van der Waals surface area contributed by atoms with Crippen molar-refractivity contribution in [2.75, 3.05) is 19.6 Å². The van der Waals surface area contributed by atoms with Crippen LogP contribution < -0.4 is 5.32 Å². The Morgan fingerprint density at radius 1 is 1.39 bits per heavy atom. The molecule has 0 radical (unpaired) electrons. The number of hydrogen-bond acceptors (Lipinski definition) is 3. The highest BCUT2D eigenvalue weighted by Gasteiger charge is 2.21. The second-order valence-electron chi connectivity index (χ2n) is 6.46. The first-order valence-corrected chi connectivity index (χ1v) is 8.29. The number of rotatable bonds is 6. The first-order valence-electron chi connectivity index (χ1n) is 8.29. The molecule has 1 saturated heterocycles. The normalized spacial score (nSPS) is 18.8. The molecule has 0 aromatic carbocycles. The minimum atomic E-state index is -0.979. The summed E-state index contributed by atoms with van der Waals surface area (Å²) in [6, 6.07) is 0.579. The van der Waals surface area contributed by atoms with Crippen molar-refractivity contribution >= 4 is 11.9 Å². The van der Waals surface area contributed by atoms with Crippen LogP contribution in [0.1, 0.15) is 47.8 Å². The third-order valence-corrected chi connectivity index (χ3v) is 4.70. The van der Waals surface area contributed by atoms with Gasteiger partial charge in [-0.05, 0) is 38.8 Å². The molecule has 0 bridgehead atoms. The predicted molar refractivity (Wildman–Crippen MR) is 88.7 cm³/mol. The summed E-state index contributed by atoms with van der Waals surface area (Å²) in [5.41, 5.74) is 1.48. The van der Waals surface area contributed by atoms with Crippen LogP contribution >= 0.6 is 0 Å². The lowest BCUT2D eigenvalue weighted by molar-refractivity contribution is -0.120. The van der Waals surface area contributed by atoms with Gasteiger partial charge in [-0.15, -0.1) is 0 Å². The quantitative estimate of drug-likeness (QED) is 0.834. The third-order valence-electron chi connectivity index (χ3n) is 4.70. The van der Waals surface area contributed by atoms with Gasteiger partial charge in [0.15, 0.2) is 0 Å². The molecule has 0 unspecified atom stereocenters. The molecule has 1 amide bonds. The fourth-order valence-electron chi connectivity index (χ4n) is 3.39. The minimum absolute atomic E-state index is 0.0987. The molecule has 128 valence electrons. The molecular weight excluding hydrogens is 294 g/mol. The number of aromatic carboxylic acids is 1. The highest BCUT2D eigenvalue weighted by molar-refractivity contribution is 5.93. The van der Waals surface area contributed by atoms with Crippen molar-refractivity contribution in [2.24, 2.45) is 7.05 Å². The lowest BCUT2D eigenvalue weighted by Gasteiger charge is -2.33. The fourth-order valence-corrected chi connectivity index (χ4v) is 3.39. The molecule has 6 nitrogen and oxygen atoms in total. The molecule has 0 spiro atoms. The molecule has 2 heterocycles. The van der Waals surface area contributed by atoms with E-state index in [0.29, 0.717) is 23.8 Å². The van der Waals surface area contributed by atoms with Crippen LogP contribution in [0.4, 0.5) is 0 Å². The number of carbonyl (C=O) groups excluding carboxylic acids is 1. The Balaban J connectivity index is 1.87. The number of carboxylic acid groups (broad SMARTS) is 1. The van der Waals surface area contributed by atoms with Crippen LogP contribution in [0.25, 0.3) is 0 Å². The van der Waals surface area contributed by atoms with Crippen molar-refractivity contribution in [2.45, 2.75) is 45.6 Å². The number of carbonyl (C=O) groups is 2. The largest absolute Gasteiger partial charge is 0.478 e. The molecule has 0 aliphatic carbocycles. The summed E-state index contributed by atoms with van der Waals surface area (Å²) in [5.74, 6) is -1.11. The molecule has 1 aliphatic heterocycles. The topological polar surface area (TPSA) is 74.6 Å². The van der Waals surface area contributed by atoms with Gasteiger partial charge in [0.25, 0.3) is 0 Å². The van der Waals surface area contributed by atoms with Crippen molar-refractivity contribution in [1.82, 2.24) is 14.8 Å². The Kier molecular flexibility index (Phi) is 5.82. The lowest BCUT2D eigenvalue weighted by atomic mass is 10.0. The average Bonchev–Trinajstić information content (AvgIpc) is 2.75. The van der Waals surface area contributed by atoms with Crippen LogP contribution in [0.3, 0.4) is 0 Å².